The zero-order chi connectivity index (χ0) is 5.98. The Morgan fingerprint density at radius 1 is 1.62 bits per heavy atom. The average molecular weight is 128 g/mol. The van der Waals surface area contributed by atoms with Crippen LogP contribution in [-0.2, 0) is 0 Å². The molecule has 42 valence electrons. The summed E-state index contributed by atoms with van der Waals surface area (Å²) < 4.78 is 0.359. The Morgan fingerprint density at radius 3 is 2.75 bits per heavy atom. The van der Waals surface area contributed by atoms with Crippen LogP contribution >= 0.6 is 12.2 Å². The average Bonchev–Trinajstić information content (AvgIpc) is 1.64. The molecule has 8 heavy (non-hydrogen) atoms. The number of rotatable bonds is 0. The number of aromatic nitrogens is 3. The van der Waals surface area contributed by atoms with Crippen LogP contribution in [0.1, 0.15) is 0 Å². The summed E-state index contributed by atoms with van der Waals surface area (Å²) in [5.74, 6) is 0.296. The third kappa shape index (κ3) is 1.00. The molecule has 0 unspecified atom stereocenters. The third-order valence-electron chi connectivity index (χ3n) is 0.607. The summed E-state index contributed by atoms with van der Waals surface area (Å²) in [5.41, 5.74) is 5.19. The van der Waals surface area contributed by atoms with E-state index < -0.39 is 0 Å². The molecular weight excluding hydrogens is 124 g/mol. The highest BCUT2D eigenvalue weighted by Gasteiger charge is 1.79. The van der Waals surface area contributed by atoms with Crippen LogP contribution in [-0.4, -0.2) is 15.0 Å². The van der Waals surface area contributed by atoms with E-state index in [0.717, 1.165) is 0 Å². The first kappa shape index (κ1) is 5.17. The van der Waals surface area contributed by atoms with Crippen molar-refractivity contribution in [3.05, 3.63) is 11.1 Å². The summed E-state index contributed by atoms with van der Waals surface area (Å²) >= 11 is 4.61. The lowest BCUT2D eigenvalue weighted by atomic mass is 11.0. The van der Waals surface area contributed by atoms with Gasteiger partial charge >= 0.3 is 0 Å². The van der Waals surface area contributed by atoms with Crippen LogP contribution in [0.3, 0.4) is 0 Å². The number of anilines is 1. The molecular formula is C3H4N4S. The van der Waals surface area contributed by atoms with Gasteiger partial charge in [-0.15, -0.1) is 0 Å². The van der Waals surface area contributed by atoms with E-state index in [4.69, 9.17) is 5.73 Å². The van der Waals surface area contributed by atoms with Crippen molar-refractivity contribution in [3.8, 4) is 0 Å². The molecule has 1 aromatic heterocycles. The molecule has 0 spiro atoms. The van der Waals surface area contributed by atoms with Gasteiger partial charge in [0, 0.05) is 0 Å². The maximum atomic E-state index is 5.19. The van der Waals surface area contributed by atoms with Gasteiger partial charge in [-0.3, -0.25) is 0 Å². The van der Waals surface area contributed by atoms with Gasteiger partial charge in [0.15, 0.2) is 0 Å². The van der Waals surface area contributed by atoms with Crippen molar-refractivity contribution in [2.75, 3.05) is 5.73 Å². The largest absolute Gasteiger partial charge is 0.369 e. The van der Waals surface area contributed by atoms with Gasteiger partial charge in [0.25, 0.3) is 0 Å². The number of nitrogens with two attached hydrogens (primary N) is 1. The molecule has 1 heterocycles. The summed E-state index contributed by atoms with van der Waals surface area (Å²) in [6.45, 7) is 0. The second kappa shape index (κ2) is 1.87. The van der Waals surface area contributed by atoms with E-state index in [2.05, 4.69) is 27.2 Å². The SMILES string of the molecule is Nc1ncnc(=S)[nH]1. The molecule has 4 nitrogen and oxygen atoms in total. The highest BCUT2D eigenvalue weighted by molar-refractivity contribution is 7.71. The number of nitrogens with zero attached hydrogens (tertiary/aromatic N) is 2. The second-order valence-electron chi connectivity index (χ2n) is 1.19. The van der Waals surface area contributed by atoms with Gasteiger partial charge in [-0.2, -0.15) is 0 Å². The summed E-state index contributed by atoms with van der Waals surface area (Å²) in [7, 11) is 0. The molecule has 0 amide bonds. The van der Waals surface area contributed by atoms with Crippen molar-refractivity contribution in [1.29, 1.82) is 0 Å². The topological polar surface area (TPSA) is 67.6 Å². The Kier molecular flexibility index (Phi) is 1.21. The standard InChI is InChI=1S/C3H4N4S/c4-2-5-1-6-3(8)7-2/h1H,(H3,4,5,6,7,8). The maximum absolute atomic E-state index is 5.19. The number of nitrogen functional groups attached to an aromatic ring is 1. The van der Waals surface area contributed by atoms with E-state index >= 15 is 0 Å². The van der Waals surface area contributed by atoms with Gasteiger partial charge < -0.3 is 10.7 Å². The number of hydrogen-bond donors (Lipinski definition) is 2. The van der Waals surface area contributed by atoms with Crippen LogP contribution in [0, 0.1) is 4.77 Å². The third-order valence-corrected chi connectivity index (χ3v) is 0.814. The fourth-order valence-corrected chi connectivity index (χ4v) is 0.469. The minimum atomic E-state index is 0.296. The Bertz CT molecular complexity index is 229. The van der Waals surface area contributed by atoms with E-state index in [0.29, 0.717) is 10.7 Å². The quantitative estimate of drug-likeness (QED) is 0.487. The summed E-state index contributed by atoms with van der Waals surface area (Å²) in [6, 6.07) is 0. The van der Waals surface area contributed by atoms with Crippen LogP contribution in [0.5, 0.6) is 0 Å². The Morgan fingerprint density at radius 2 is 2.38 bits per heavy atom. The first-order valence-corrected chi connectivity index (χ1v) is 2.36. The van der Waals surface area contributed by atoms with Gasteiger partial charge in [-0.1, -0.05) is 0 Å². The van der Waals surface area contributed by atoms with Crippen LogP contribution in [0.2, 0.25) is 0 Å². The zero-order valence-corrected chi connectivity index (χ0v) is 4.77. The van der Waals surface area contributed by atoms with Crippen molar-refractivity contribution in [3.63, 3.8) is 0 Å². The smallest absolute Gasteiger partial charge is 0.201 e. The zero-order valence-electron chi connectivity index (χ0n) is 3.96. The fraction of sp³-hybridized carbons (Fsp3) is 0. The monoisotopic (exact) mass is 128 g/mol. The van der Waals surface area contributed by atoms with Crippen LogP contribution in [0.4, 0.5) is 5.95 Å². The molecule has 0 aliphatic carbocycles. The first-order chi connectivity index (χ1) is 3.79. The lowest BCUT2D eigenvalue weighted by Gasteiger charge is -1.85. The van der Waals surface area contributed by atoms with Crippen molar-refractivity contribution in [1.82, 2.24) is 15.0 Å². The molecule has 0 saturated heterocycles. The Labute approximate surface area is 50.8 Å². The molecule has 0 aromatic carbocycles. The van der Waals surface area contributed by atoms with E-state index in [-0.39, 0.29) is 0 Å². The first-order valence-electron chi connectivity index (χ1n) is 1.96. The van der Waals surface area contributed by atoms with Crippen molar-refractivity contribution in [2.45, 2.75) is 0 Å². The molecule has 3 N–H and O–H groups in total. The maximum Gasteiger partial charge on any atom is 0.201 e. The van der Waals surface area contributed by atoms with E-state index in [1.807, 2.05) is 0 Å². The van der Waals surface area contributed by atoms with Crippen molar-refractivity contribution >= 4 is 18.2 Å². The second-order valence-corrected chi connectivity index (χ2v) is 1.58. The van der Waals surface area contributed by atoms with E-state index in [9.17, 15) is 0 Å². The van der Waals surface area contributed by atoms with Gasteiger partial charge in [0.2, 0.25) is 10.7 Å². The molecule has 5 heteroatoms. The lowest BCUT2D eigenvalue weighted by molar-refractivity contribution is 1.04. The minimum absolute atomic E-state index is 0.296. The molecule has 0 atom stereocenters. The molecule has 0 fully saturated rings. The summed E-state index contributed by atoms with van der Waals surface area (Å²) in [5, 5.41) is 0. The highest BCUT2D eigenvalue weighted by Crippen LogP contribution is 1.82. The highest BCUT2D eigenvalue weighted by atomic mass is 32.1. The van der Waals surface area contributed by atoms with Gasteiger partial charge in [0.1, 0.15) is 6.33 Å². The molecule has 0 saturated carbocycles. The predicted molar refractivity (Wildman–Crippen MR) is 31.6 cm³/mol. The number of nitrogens with one attached hydrogen (secondary N) is 1. The molecule has 0 aliphatic rings. The van der Waals surface area contributed by atoms with Crippen molar-refractivity contribution in [2.24, 2.45) is 0 Å². The summed E-state index contributed by atoms with van der Waals surface area (Å²) in [4.78, 5) is 9.73. The van der Waals surface area contributed by atoms with E-state index in [1.165, 1.54) is 6.33 Å². The fourth-order valence-electron chi connectivity index (χ4n) is 0.318. The number of hydrogen-bond acceptors (Lipinski definition) is 4. The van der Waals surface area contributed by atoms with Gasteiger partial charge in [0.05, 0.1) is 0 Å². The van der Waals surface area contributed by atoms with Crippen LogP contribution in [0.25, 0.3) is 0 Å². The molecule has 0 aliphatic heterocycles. The van der Waals surface area contributed by atoms with Gasteiger partial charge in [-0.05, 0) is 12.2 Å². The number of aromatic amines is 1. The predicted octanol–water partition coefficient (Wildman–Crippen LogP) is 0.116. The minimum Gasteiger partial charge on any atom is -0.369 e. The van der Waals surface area contributed by atoms with Crippen molar-refractivity contribution < 1.29 is 0 Å². The van der Waals surface area contributed by atoms with Crippen LogP contribution in [0.15, 0.2) is 6.33 Å². The number of H-pyrrole nitrogens is 1. The van der Waals surface area contributed by atoms with Crippen LogP contribution < -0.4 is 5.73 Å². The normalized spacial score (nSPS) is 9.00. The Hall–Kier alpha value is -0.970. The molecule has 0 radical (unpaired) electrons. The summed E-state index contributed by atoms with van der Waals surface area (Å²) in [6.07, 6.45) is 1.31. The Balaban J connectivity index is 3.28. The molecule has 1 aromatic rings. The molecule has 1 rings (SSSR count). The van der Waals surface area contributed by atoms with Gasteiger partial charge in [-0.25, -0.2) is 9.97 Å². The van der Waals surface area contributed by atoms with E-state index in [1.54, 1.807) is 0 Å². The molecule has 0 bridgehead atoms. The lowest BCUT2D eigenvalue weighted by Crippen LogP contribution is -1.94.